The van der Waals surface area contributed by atoms with Gasteiger partial charge in [0.05, 0.1) is 12.4 Å². The molecule has 0 bridgehead atoms. The number of rotatable bonds is 2. The monoisotopic (exact) mass is 230 g/mol. The Morgan fingerprint density at radius 1 is 1.35 bits per heavy atom. The molecule has 0 radical (unpaired) electrons. The van der Waals surface area contributed by atoms with E-state index in [9.17, 15) is 4.39 Å². The van der Waals surface area contributed by atoms with Gasteiger partial charge in [0.15, 0.2) is 0 Å². The molecule has 0 unspecified atom stereocenters. The second-order valence-electron chi connectivity index (χ2n) is 3.11. The first kappa shape index (κ1) is 10.8. The van der Waals surface area contributed by atoms with E-state index in [0.717, 1.165) is 0 Å². The number of benzene rings is 1. The molecule has 2 N–H and O–H groups in total. The Bertz CT molecular complexity index is 594. The van der Waals surface area contributed by atoms with E-state index in [1.165, 1.54) is 30.6 Å². The number of nitrogen functional groups attached to an aromatic ring is 1. The lowest BCUT2D eigenvalue weighted by Gasteiger charge is -2.06. The Balaban J connectivity index is 2.37. The molecule has 0 spiro atoms. The quantitative estimate of drug-likeness (QED) is 0.851. The van der Waals surface area contributed by atoms with Crippen LogP contribution in [0.25, 0.3) is 0 Å². The van der Waals surface area contributed by atoms with E-state index in [4.69, 9.17) is 15.7 Å². The van der Waals surface area contributed by atoms with Crippen LogP contribution in [0.2, 0.25) is 0 Å². The maximum Gasteiger partial charge on any atom is 0.239 e. The first-order valence-corrected chi connectivity index (χ1v) is 4.64. The minimum Gasteiger partial charge on any atom is -0.436 e. The van der Waals surface area contributed by atoms with Gasteiger partial charge in [-0.1, -0.05) is 6.07 Å². The maximum atomic E-state index is 13.3. The third kappa shape index (κ3) is 2.29. The molecule has 0 fully saturated rings. The van der Waals surface area contributed by atoms with Crippen molar-refractivity contribution in [3.05, 3.63) is 42.0 Å². The zero-order valence-electron chi connectivity index (χ0n) is 8.59. The van der Waals surface area contributed by atoms with Crippen LogP contribution in [0.4, 0.5) is 10.2 Å². The second-order valence-corrected chi connectivity index (χ2v) is 3.11. The Kier molecular flexibility index (Phi) is 2.83. The van der Waals surface area contributed by atoms with Crippen molar-refractivity contribution in [2.24, 2.45) is 0 Å². The summed E-state index contributed by atoms with van der Waals surface area (Å²) in [6.45, 7) is 0. The van der Waals surface area contributed by atoms with E-state index < -0.39 is 5.82 Å². The Hall–Kier alpha value is -2.68. The van der Waals surface area contributed by atoms with Crippen molar-refractivity contribution in [3.63, 3.8) is 0 Å². The van der Waals surface area contributed by atoms with Crippen molar-refractivity contribution in [1.82, 2.24) is 9.97 Å². The van der Waals surface area contributed by atoms with E-state index in [1.54, 1.807) is 6.07 Å². The average molecular weight is 230 g/mol. The third-order valence-electron chi connectivity index (χ3n) is 1.93. The second kappa shape index (κ2) is 4.45. The van der Waals surface area contributed by atoms with Gasteiger partial charge in [0, 0.05) is 0 Å². The molecule has 0 aliphatic rings. The third-order valence-corrected chi connectivity index (χ3v) is 1.93. The number of nitrogens with two attached hydrogens (primary N) is 1. The highest BCUT2D eigenvalue weighted by atomic mass is 19.1. The van der Waals surface area contributed by atoms with Gasteiger partial charge in [-0.25, -0.2) is 4.39 Å². The van der Waals surface area contributed by atoms with Crippen molar-refractivity contribution in [1.29, 1.82) is 5.26 Å². The van der Waals surface area contributed by atoms with Gasteiger partial charge in [-0.3, -0.25) is 4.98 Å². The fourth-order valence-electron chi connectivity index (χ4n) is 1.22. The molecule has 0 atom stereocenters. The largest absolute Gasteiger partial charge is 0.436 e. The molecular weight excluding hydrogens is 223 g/mol. The van der Waals surface area contributed by atoms with E-state index >= 15 is 0 Å². The Morgan fingerprint density at radius 2 is 2.18 bits per heavy atom. The number of nitrogens with zero attached hydrogens (tertiary/aromatic N) is 3. The van der Waals surface area contributed by atoms with Gasteiger partial charge < -0.3 is 10.5 Å². The van der Waals surface area contributed by atoms with Gasteiger partial charge in [0.1, 0.15) is 29.0 Å². The molecule has 84 valence electrons. The van der Waals surface area contributed by atoms with Crippen molar-refractivity contribution in [2.45, 2.75) is 0 Å². The SMILES string of the molecule is N#Cc1c(F)cccc1Oc1cncc(N)n1. The summed E-state index contributed by atoms with van der Waals surface area (Å²) < 4.78 is 18.5. The summed E-state index contributed by atoms with van der Waals surface area (Å²) in [6.07, 6.45) is 2.67. The molecule has 2 aromatic rings. The molecule has 0 aliphatic heterocycles. The van der Waals surface area contributed by atoms with E-state index in [-0.39, 0.29) is 23.0 Å². The number of hydrogen-bond acceptors (Lipinski definition) is 5. The number of hydrogen-bond donors (Lipinski definition) is 1. The van der Waals surface area contributed by atoms with Gasteiger partial charge in [-0.2, -0.15) is 10.2 Å². The predicted octanol–water partition coefficient (Wildman–Crippen LogP) is 1.86. The first-order chi connectivity index (χ1) is 8.20. The van der Waals surface area contributed by atoms with Crippen molar-refractivity contribution >= 4 is 5.82 Å². The van der Waals surface area contributed by atoms with Crippen LogP contribution in [0, 0.1) is 17.1 Å². The van der Waals surface area contributed by atoms with Crippen molar-refractivity contribution < 1.29 is 9.13 Å². The van der Waals surface area contributed by atoms with Crippen LogP contribution < -0.4 is 10.5 Å². The highest BCUT2D eigenvalue weighted by molar-refractivity contribution is 5.45. The van der Waals surface area contributed by atoms with E-state index in [0.29, 0.717) is 0 Å². The summed E-state index contributed by atoms with van der Waals surface area (Å²) in [7, 11) is 0. The molecule has 0 saturated carbocycles. The zero-order valence-corrected chi connectivity index (χ0v) is 8.59. The lowest BCUT2D eigenvalue weighted by molar-refractivity contribution is 0.454. The molecule has 1 aromatic heterocycles. The lowest BCUT2D eigenvalue weighted by Crippen LogP contribution is -1.96. The number of halogens is 1. The maximum absolute atomic E-state index is 13.3. The summed E-state index contributed by atoms with van der Waals surface area (Å²) in [6, 6.07) is 5.80. The fraction of sp³-hybridized carbons (Fsp3) is 0. The van der Waals surface area contributed by atoms with Gasteiger partial charge >= 0.3 is 0 Å². The topological polar surface area (TPSA) is 84.8 Å². The molecule has 5 nitrogen and oxygen atoms in total. The van der Waals surface area contributed by atoms with Crippen LogP contribution in [0.1, 0.15) is 5.56 Å². The standard InChI is InChI=1S/C11H7FN4O/c12-8-2-1-3-9(7(8)4-13)17-11-6-15-5-10(14)16-11/h1-3,5-6H,(H2,14,16). The van der Waals surface area contributed by atoms with Crippen LogP contribution in [0.15, 0.2) is 30.6 Å². The normalized spacial score (nSPS) is 9.65. The lowest BCUT2D eigenvalue weighted by atomic mass is 10.2. The molecule has 0 saturated heterocycles. The van der Waals surface area contributed by atoms with Gasteiger partial charge in [0.25, 0.3) is 0 Å². The summed E-state index contributed by atoms with van der Waals surface area (Å²) >= 11 is 0. The Morgan fingerprint density at radius 3 is 2.88 bits per heavy atom. The molecule has 0 aliphatic carbocycles. The highest BCUT2D eigenvalue weighted by Gasteiger charge is 2.10. The summed E-state index contributed by atoms with van der Waals surface area (Å²) in [5.41, 5.74) is 5.24. The molecule has 6 heteroatoms. The highest BCUT2D eigenvalue weighted by Crippen LogP contribution is 2.25. The summed E-state index contributed by atoms with van der Waals surface area (Å²) in [4.78, 5) is 7.60. The predicted molar refractivity (Wildman–Crippen MR) is 57.6 cm³/mol. The molecule has 0 amide bonds. The number of anilines is 1. The Labute approximate surface area is 96.3 Å². The molecule has 2 rings (SSSR count). The van der Waals surface area contributed by atoms with Gasteiger partial charge in [-0.05, 0) is 12.1 Å². The van der Waals surface area contributed by atoms with E-state index in [1.807, 2.05) is 0 Å². The molecule has 1 heterocycles. The smallest absolute Gasteiger partial charge is 0.239 e. The summed E-state index contributed by atoms with van der Waals surface area (Å²) in [5, 5.41) is 8.80. The van der Waals surface area contributed by atoms with Crippen LogP contribution in [0.5, 0.6) is 11.6 Å². The van der Waals surface area contributed by atoms with Crippen LogP contribution >= 0.6 is 0 Å². The fourth-order valence-corrected chi connectivity index (χ4v) is 1.22. The number of aromatic nitrogens is 2. The van der Waals surface area contributed by atoms with Crippen LogP contribution in [0.3, 0.4) is 0 Å². The van der Waals surface area contributed by atoms with Gasteiger partial charge in [0.2, 0.25) is 5.88 Å². The van der Waals surface area contributed by atoms with E-state index in [2.05, 4.69) is 9.97 Å². The summed E-state index contributed by atoms with van der Waals surface area (Å²) in [5.74, 6) is -0.293. The van der Waals surface area contributed by atoms with Crippen LogP contribution in [-0.2, 0) is 0 Å². The zero-order chi connectivity index (χ0) is 12.3. The van der Waals surface area contributed by atoms with Crippen molar-refractivity contribution in [2.75, 3.05) is 5.73 Å². The van der Waals surface area contributed by atoms with Gasteiger partial charge in [-0.15, -0.1) is 0 Å². The minimum absolute atomic E-state index is 0.0763. The number of ether oxygens (including phenoxy) is 1. The molecule has 1 aromatic carbocycles. The molecular formula is C11H7FN4O. The average Bonchev–Trinajstić information content (AvgIpc) is 2.29. The van der Waals surface area contributed by atoms with Crippen LogP contribution in [-0.4, -0.2) is 9.97 Å². The molecule has 17 heavy (non-hydrogen) atoms. The van der Waals surface area contributed by atoms with Crippen molar-refractivity contribution in [3.8, 4) is 17.7 Å². The minimum atomic E-state index is -0.651. The first-order valence-electron chi connectivity index (χ1n) is 4.64. The number of nitriles is 1.